The zero-order valence-corrected chi connectivity index (χ0v) is 7.91. The number of nitrogens with two attached hydrogens (primary N) is 1. The topological polar surface area (TPSA) is 76.4 Å². The fraction of sp³-hybridized carbons (Fsp3) is 0.222. The molecule has 76 valence electrons. The van der Waals surface area contributed by atoms with Crippen LogP contribution in [0.2, 0.25) is 0 Å². The van der Waals surface area contributed by atoms with Gasteiger partial charge in [-0.15, -0.1) is 0 Å². The van der Waals surface area contributed by atoms with Crippen LogP contribution in [0.3, 0.4) is 0 Å². The molecule has 14 heavy (non-hydrogen) atoms. The van der Waals surface area contributed by atoms with Crippen molar-refractivity contribution < 1.29 is 9.53 Å². The maximum atomic E-state index is 11.1. The molecule has 5 heteroatoms. The number of hydrogen-bond donors (Lipinski definition) is 3. The summed E-state index contributed by atoms with van der Waals surface area (Å²) in [7, 11) is 1.35. The van der Waals surface area contributed by atoms with Gasteiger partial charge in [-0.25, -0.2) is 10.2 Å². The lowest BCUT2D eigenvalue weighted by Crippen LogP contribution is -2.28. The summed E-state index contributed by atoms with van der Waals surface area (Å²) in [5, 5.41) is 2.97. The van der Waals surface area contributed by atoms with Crippen molar-refractivity contribution in [2.75, 3.05) is 19.1 Å². The lowest BCUT2D eigenvalue weighted by molar-refractivity contribution is 0.0601. The highest BCUT2D eigenvalue weighted by molar-refractivity contribution is 5.90. The number of anilines is 1. The van der Waals surface area contributed by atoms with E-state index in [9.17, 15) is 4.79 Å². The Bertz CT molecular complexity index is 315. The summed E-state index contributed by atoms with van der Waals surface area (Å²) >= 11 is 0. The van der Waals surface area contributed by atoms with Gasteiger partial charge >= 0.3 is 5.97 Å². The molecule has 0 saturated carbocycles. The molecule has 0 atom stereocenters. The summed E-state index contributed by atoms with van der Waals surface area (Å²) in [5.41, 5.74) is 3.77. The molecule has 0 saturated heterocycles. The molecule has 0 spiro atoms. The molecular formula is C9H13N3O2. The van der Waals surface area contributed by atoms with E-state index in [4.69, 9.17) is 5.84 Å². The predicted molar refractivity (Wildman–Crippen MR) is 53.6 cm³/mol. The maximum Gasteiger partial charge on any atom is 0.337 e. The van der Waals surface area contributed by atoms with E-state index in [0.29, 0.717) is 12.2 Å². The van der Waals surface area contributed by atoms with E-state index in [-0.39, 0.29) is 5.97 Å². The van der Waals surface area contributed by atoms with Gasteiger partial charge in [0.05, 0.1) is 19.3 Å². The lowest BCUT2D eigenvalue weighted by Gasteiger charge is -2.06. The molecule has 1 rings (SSSR count). The van der Waals surface area contributed by atoms with Gasteiger partial charge < -0.3 is 10.1 Å². The number of hydrogen-bond acceptors (Lipinski definition) is 5. The van der Waals surface area contributed by atoms with Crippen molar-refractivity contribution in [2.24, 2.45) is 5.84 Å². The summed E-state index contributed by atoms with van der Waals surface area (Å²) in [4.78, 5) is 11.1. The Kier molecular flexibility index (Phi) is 3.90. The molecule has 1 aromatic rings. The van der Waals surface area contributed by atoms with Crippen LogP contribution in [0.5, 0.6) is 0 Å². The van der Waals surface area contributed by atoms with Gasteiger partial charge in [0.1, 0.15) is 0 Å². The number of esters is 1. The molecule has 0 heterocycles. The molecule has 0 aliphatic heterocycles. The van der Waals surface area contributed by atoms with Gasteiger partial charge in [0, 0.05) is 5.69 Å². The van der Waals surface area contributed by atoms with E-state index in [1.165, 1.54) is 7.11 Å². The van der Waals surface area contributed by atoms with Crippen molar-refractivity contribution >= 4 is 11.7 Å². The third kappa shape index (κ3) is 2.72. The number of carbonyl (C=O) groups excluding carboxylic acids is 1. The molecule has 1 aromatic carbocycles. The Morgan fingerprint density at radius 1 is 1.57 bits per heavy atom. The number of ether oxygens (including phenoxy) is 1. The Labute approximate surface area is 82.2 Å². The standard InChI is InChI=1S/C9H13N3O2/c1-14-9(13)7-3-2-4-8(5-7)11-6-12-10/h2-5,11-12H,6,10H2,1H3. The lowest BCUT2D eigenvalue weighted by atomic mass is 10.2. The summed E-state index contributed by atoms with van der Waals surface area (Å²) < 4.78 is 4.59. The first-order valence-corrected chi connectivity index (χ1v) is 4.13. The first kappa shape index (κ1) is 10.5. The third-order valence-corrected chi connectivity index (χ3v) is 1.68. The number of methoxy groups -OCH3 is 1. The first-order valence-electron chi connectivity index (χ1n) is 4.13. The summed E-state index contributed by atoms with van der Waals surface area (Å²) in [6.07, 6.45) is 0. The van der Waals surface area contributed by atoms with Gasteiger partial charge in [0.25, 0.3) is 0 Å². The molecular weight excluding hydrogens is 182 g/mol. The second kappa shape index (κ2) is 5.21. The van der Waals surface area contributed by atoms with Crippen LogP contribution in [0.1, 0.15) is 10.4 Å². The number of rotatable bonds is 4. The van der Waals surface area contributed by atoms with Crippen LogP contribution >= 0.6 is 0 Å². The molecule has 0 radical (unpaired) electrons. The second-order valence-electron chi connectivity index (χ2n) is 2.63. The zero-order valence-electron chi connectivity index (χ0n) is 7.91. The van der Waals surface area contributed by atoms with Gasteiger partial charge in [-0.05, 0) is 18.2 Å². The Hall–Kier alpha value is -1.59. The van der Waals surface area contributed by atoms with E-state index < -0.39 is 0 Å². The fourth-order valence-corrected chi connectivity index (χ4v) is 1.03. The van der Waals surface area contributed by atoms with Gasteiger partial charge in [-0.2, -0.15) is 0 Å². The van der Waals surface area contributed by atoms with E-state index in [1.807, 2.05) is 6.07 Å². The van der Waals surface area contributed by atoms with E-state index >= 15 is 0 Å². The van der Waals surface area contributed by atoms with E-state index in [1.54, 1.807) is 18.2 Å². The normalized spacial score (nSPS) is 9.57. The van der Waals surface area contributed by atoms with Crippen molar-refractivity contribution in [1.82, 2.24) is 5.43 Å². The molecule has 0 aromatic heterocycles. The van der Waals surface area contributed by atoms with Crippen molar-refractivity contribution in [3.8, 4) is 0 Å². The highest BCUT2D eigenvalue weighted by Gasteiger charge is 2.04. The van der Waals surface area contributed by atoms with Gasteiger partial charge in [-0.1, -0.05) is 6.07 Å². The summed E-state index contributed by atoms with van der Waals surface area (Å²) in [6, 6.07) is 6.99. The van der Waals surface area contributed by atoms with Gasteiger partial charge in [0.15, 0.2) is 0 Å². The van der Waals surface area contributed by atoms with Crippen molar-refractivity contribution in [2.45, 2.75) is 0 Å². The van der Waals surface area contributed by atoms with Crippen molar-refractivity contribution in [3.05, 3.63) is 29.8 Å². The Morgan fingerprint density at radius 2 is 2.36 bits per heavy atom. The fourth-order valence-electron chi connectivity index (χ4n) is 1.03. The number of hydrazine groups is 1. The largest absolute Gasteiger partial charge is 0.465 e. The number of carbonyl (C=O) groups is 1. The Morgan fingerprint density at radius 3 is 3.00 bits per heavy atom. The minimum atomic E-state index is -0.352. The van der Waals surface area contributed by atoms with Crippen LogP contribution in [-0.2, 0) is 4.74 Å². The van der Waals surface area contributed by atoms with Crippen LogP contribution in [0.15, 0.2) is 24.3 Å². The highest BCUT2D eigenvalue weighted by atomic mass is 16.5. The van der Waals surface area contributed by atoms with Crippen molar-refractivity contribution in [1.29, 1.82) is 0 Å². The van der Waals surface area contributed by atoms with E-state index in [0.717, 1.165) is 5.69 Å². The maximum absolute atomic E-state index is 11.1. The second-order valence-corrected chi connectivity index (χ2v) is 2.63. The van der Waals surface area contributed by atoms with Crippen LogP contribution < -0.4 is 16.6 Å². The quantitative estimate of drug-likeness (QED) is 0.279. The molecule has 0 unspecified atom stereocenters. The van der Waals surface area contributed by atoms with Crippen LogP contribution in [-0.4, -0.2) is 19.7 Å². The number of benzene rings is 1. The van der Waals surface area contributed by atoms with Crippen molar-refractivity contribution in [3.63, 3.8) is 0 Å². The Balaban J connectivity index is 2.73. The summed E-state index contributed by atoms with van der Waals surface area (Å²) in [6.45, 7) is 0.435. The van der Waals surface area contributed by atoms with E-state index in [2.05, 4.69) is 15.5 Å². The zero-order chi connectivity index (χ0) is 10.4. The number of nitrogens with one attached hydrogen (secondary N) is 2. The monoisotopic (exact) mass is 195 g/mol. The van der Waals surface area contributed by atoms with Crippen LogP contribution in [0, 0.1) is 0 Å². The predicted octanol–water partition coefficient (Wildman–Crippen LogP) is 0.306. The van der Waals surface area contributed by atoms with Crippen LogP contribution in [0.25, 0.3) is 0 Å². The average molecular weight is 195 g/mol. The smallest absolute Gasteiger partial charge is 0.337 e. The minimum Gasteiger partial charge on any atom is -0.465 e. The van der Waals surface area contributed by atoms with Gasteiger partial charge in [0.2, 0.25) is 0 Å². The van der Waals surface area contributed by atoms with Crippen LogP contribution in [0.4, 0.5) is 5.69 Å². The molecule has 0 bridgehead atoms. The average Bonchev–Trinajstić information content (AvgIpc) is 2.25. The minimum absolute atomic E-state index is 0.352. The molecule has 5 nitrogen and oxygen atoms in total. The van der Waals surface area contributed by atoms with Gasteiger partial charge in [-0.3, -0.25) is 5.84 Å². The molecule has 0 aliphatic rings. The SMILES string of the molecule is COC(=O)c1cccc(NCNN)c1. The molecule has 0 aliphatic carbocycles. The molecule has 4 N–H and O–H groups in total. The molecule has 0 amide bonds. The third-order valence-electron chi connectivity index (χ3n) is 1.68. The molecule has 0 fully saturated rings. The summed E-state index contributed by atoms with van der Waals surface area (Å²) in [5.74, 6) is 4.74. The first-order chi connectivity index (χ1) is 6.77. The highest BCUT2D eigenvalue weighted by Crippen LogP contribution is 2.10.